The Kier molecular flexibility index (Phi) is 5.99. The minimum Gasteiger partial charge on any atom is -0.388 e. The monoisotopic (exact) mass is 314 g/mol. The van der Waals surface area contributed by atoms with Gasteiger partial charge in [0, 0.05) is 6.54 Å². The van der Waals surface area contributed by atoms with E-state index in [1.54, 1.807) is 6.92 Å². The van der Waals surface area contributed by atoms with Crippen LogP contribution in [0.1, 0.15) is 27.2 Å². The molecule has 1 rings (SSSR count). The second kappa shape index (κ2) is 7.31. The van der Waals surface area contributed by atoms with Crippen molar-refractivity contribution in [2.75, 3.05) is 11.9 Å². The molecule has 1 aromatic rings. The Hall–Kier alpha value is -2.02. The predicted molar refractivity (Wildman–Crippen MR) is 78.1 cm³/mol. The maximum Gasteiger partial charge on any atom is 0.313 e. The third kappa shape index (κ3) is 4.49. The van der Waals surface area contributed by atoms with Crippen LogP contribution in [0.5, 0.6) is 0 Å². The van der Waals surface area contributed by atoms with Gasteiger partial charge in [-0.15, -0.1) is 0 Å². The molecule has 0 bridgehead atoms. The lowest BCUT2D eigenvalue weighted by Crippen LogP contribution is -2.47. The Labute approximate surface area is 127 Å². The highest BCUT2D eigenvalue weighted by molar-refractivity contribution is 6.39. The van der Waals surface area contributed by atoms with Gasteiger partial charge in [0.15, 0.2) is 11.6 Å². The van der Waals surface area contributed by atoms with Gasteiger partial charge in [0.25, 0.3) is 0 Å². The first-order valence-corrected chi connectivity index (χ1v) is 6.94. The minimum absolute atomic E-state index is 0.0866. The fourth-order valence-corrected chi connectivity index (χ4v) is 1.73. The number of nitrogens with one attached hydrogen (secondary N) is 2. The van der Waals surface area contributed by atoms with Crippen LogP contribution in [0.3, 0.4) is 0 Å². The molecule has 0 spiro atoms. The van der Waals surface area contributed by atoms with E-state index in [1.165, 1.54) is 6.07 Å². The van der Waals surface area contributed by atoms with Crippen molar-refractivity contribution in [1.82, 2.24) is 5.32 Å². The summed E-state index contributed by atoms with van der Waals surface area (Å²) in [6.07, 6.45) is 0.698. The molecule has 1 aromatic carbocycles. The molecule has 0 saturated heterocycles. The van der Waals surface area contributed by atoms with Gasteiger partial charge in [0.05, 0.1) is 11.3 Å². The van der Waals surface area contributed by atoms with Crippen molar-refractivity contribution in [3.63, 3.8) is 0 Å². The van der Waals surface area contributed by atoms with Gasteiger partial charge in [0.1, 0.15) is 0 Å². The first-order chi connectivity index (χ1) is 10.2. The maximum absolute atomic E-state index is 13.4. The molecule has 0 radical (unpaired) electrons. The van der Waals surface area contributed by atoms with E-state index < -0.39 is 34.7 Å². The van der Waals surface area contributed by atoms with E-state index >= 15 is 0 Å². The fraction of sp³-hybridized carbons (Fsp3) is 0.467. The number of benzene rings is 1. The van der Waals surface area contributed by atoms with Gasteiger partial charge in [-0.3, -0.25) is 9.59 Å². The van der Waals surface area contributed by atoms with E-state index in [0.717, 1.165) is 12.1 Å². The molecule has 2 amide bonds. The lowest BCUT2D eigenvalue weighted by Gasteiger charge is -2.29. The van der Waals surface area contributed by atoms with E-state index in [2.05, 4.69) is 5.32 Å². The van der Waals surface area contributed by atoms with Crippen molar-refractivity contribution >= 4 is 17.5 Å². The standard InChI is InChI=1S/C15H20F2N2O3/c1-4-9(2)15(3,22)8-18-13(20)14(21)19-11-7-5-6-10(16)12(11)17/h5-7,9,22H,4,8H2,1-3H3,(H,18,20)(H,19,21)/t9-,15+/m0/s1. The molecular weight excluding hydrogens is 294 g/mol. The van der Waals surface area contributed by atoms with Gasteiger partial charge in [-0.05, 0) is 25.0 Å². The summed E-state index contributed by atoms with van der Waals surface area (Å²) in [6, 6.07) is 3.24. The predicted octanol–water partition coefficient (Wildman–Crippen LogP) is 1.82. The number of carbonyl (C=O) groups excluding carboxylic acids is 2. The number of hydrogen-bond acceptors (Lipinski definition) is 3. The molecule has 5 nitrogen and oxygen atoms in total. The van der Waals surface area contributed by atoms with Gasteiger partial charge in [-0.1, -0.05) is 26.3 Å². The number of halogens is 2. The largest absolute Gasteiger partial charge is 0.388 e. The summed E-state index contributed by atoms with van der Waals surface area (Å²) in [4.78, 5) is 23.3. The molecule has 0 saturated carbocycles. The van der Waals surface area contributed by atoms with Gasteiger partial charge >= 0.3 is 11.8 Å². The van der Waals surface area contributed by atoms with Crippen LogP contribution in [-0.2, 0) is 9.59 Å². The van der Waals surface area contributed by atoms with Crippen molar-refractivity contribution < 1.29 is 23.5 Å². The van der Waals surface area contributed by atoms with Gasteiger partial charge in [-0.2, -0.15) is 0 Å². The molecule has 3 N–H and O–H groups in total. The number of carbonyl (C=O) groups is 2. The molecule has 22 heavy (non-hydrogen) atoms. The molecule has 122 valence electrons. The van der Waals surface area contributed by atoms with E-state index in [-0.39, 0.29) is 12.5 Å². The molecule has 0 aliphatic heterocycles. The summed E-state index contributed by atoms with van der Waals surface area (Å²) in [5, 5.41) is 14.4. The lowest BCUT2D eigenvalue weighted by atomic mass is 9.89. The molecule has 0 heterocycles. The Balaban J connectivity index is 2.63. The van der Waals surface area contributed by atoms with Crippen molar-refractivity contribution in [1.29, 1.82) is 0 Å². The zero-order chi connectivity index (χ0) is 16.9. The Morgan fingerprint density at radius 2 is 1.95 bits per heavy atom. The summed E-state index contributed by atoms with van der Waals surface area (Å²) in [5.41, 5.74) is -1.59. The smallest absolute Gasteiger partial charge is 0.313 e. The van der Waals surface area contributed by atoms with Gasteiger partial charge < -0.3 is 15.7 Å². The van der Waals surface area contributed by atoms with Crippen molar-refractivity contribution in [2.45, 2.75) is 32.8 Å². The number of anilines is 1. The Morgan fingerprint density at radius 3 is 2.55 bits per heavy atom. The van der Waals surface area contributed by atoms with E-state index in [9.17, 15) is 23.5 Å². The van der Waals surface area contributed by atoms with Crippen molar-refractivity contribution in [3.05, 3.63) is 29.8 Å². The van der Waals surface area contributed by atoms with Crippen LogP contribution < -0.4 is 10.6 Å². The summed E-state index contributed by atoms with van der Waals surface area (Å²) in [6.45, 7) is 5.13. The Bertz CT molecular complexity index is 562. The van der Waals surface area contributed by atoms with Crippen LogP contribution >= 0.6 is 0 Å². The van der Waals surface area contributed by atoms with Crippen LogP contribution in [-0.4, -0.2) is 29.1 Å². The average molecular weight is 314 g/mol. The first kappa shape index (κ1) is 18.0. The lowest BCUT2D eigenvalue weighted by molar-refractivity contribution is -0.137. The molecular formula is C15H20F2N2O3. The highest BCUT2D eigenvalue weighted by Crippen LogP contribution is 2.19. The molecule has 0 aliphatic carbocycles. The van der Waals surface area contributed by atoms with E-state index in [0.29, 0.717) is 6.42 Å². The average Bonchev–Trinajstić information content (AvgIpc) is 2.48. The van der Waals surface area contributed by atoms with Crippen molar-refractivity contribution in [3.8, 4) is 0 Å². The molecule has 0 fully saturated rings. The number of aliphatic hydroxyl groups is 1. The van der Waals surface area contributed by atoms with Crippen molar-refractivity contribution in [2.24, 2.45) is 5.92 Å². The fourth-order valence-electron chi connectivity index (χ4n) is 1.73. The number of hydrogen-bond donors (Lipinski definition) is 3. The normalized spacial score (nSPS) is 14.8. The summed E-state index contributed by atoms with van der Waals surface area (Å²) in [5.74, 6) is -4.62. The highest BCUT2D eigenvalue weighted by atomic mass is 19.2. The zero-order valence-corrected chi connectivity index (χ0v) is 12.7. The summed E-state index contributed by atoms with van der Waals surface area (Å²) < 4.78 is 26.4. The zero-order valence-electron chi connectivity index (χ0n) is 12.7. The molecule has 7 heteroatoms. The summed E-state index contributed by atoms with van der Waals surface area (Å²) >= 11 is 0. The first-order valence-electron chi connectivity index (χ1n) is 6.94. The molecule has 0 aliphatic rings. The molecule has 0 unspecified atom stereocenters. The minimum atomic E-state index is -1.24. The third-order valence-electron chi connectivity index (χ3n) is 3.69. The highest BCUT2D eigenvalue weighted by Gasteiger charge is 2.28. The molecule has 2 atom stereocenters. The second-order valence-corrected chi connectivity index (χ2v) is 5.40. The van der Waals surface area contributed by atoms with E-state index in [4.69, 9.17) is 0 Å². The SMILES string of the molecule is CC[C@H](C)[C@](C)(O)CNC(=O)C(=O)Nc1cccc(F)c1F. The van der Waals surface area contributed by atoms with E-state index in [1.807, 2.05) is 19.2 Å². The topological polar surface area (TPSA) is 78.4 Å². The van der Waals surface area contributed by atoms with Gasteiger partial charge in [-0.25, -0.2) is 8.78 Å². The summed E-state index contributed by atoms with van der Waals surface area (Å²) in [7, 11) is 0. The van der Waals surface area contributed by atoms with Crippen LogP contribution in [0, 0.1) is 17.6 Å². The molecule has 0 aromatic heterocycles. The van der Waals surface area contributed by atoms with Crippen LogP contribution in [0.2, 0.25) is 0 Å². The number of amides is 2. The van der Waals surface area contributed by atoms with Gasteiger partial charge in [0.2, 0.25) is 0 Å². The third-order valence-corrected chi connectivity index (χ3v) is 3.69. The van der Waals surface area contributed by atoms with Crippen LogP contribution in [0.4, 0.5) is 14.5 Å². The van der Waals surface area contributed by atoms with Crippen LogP contribution in [0.25, 0.3) is 0 Å². The van der Waals surface area contributed by atoms with Crippen LogP contribution in [0.15, 0.2) is 18.2 Å². The number of rotatable bonds is 5. The quantitative estimate of drug-likeness (QED) is 0.725. The second-order valence-electron chi connectivity index (χ2n) is 5.40. The maximum atomic E-state index is 13.4. The Morgan fingerprint density at radius 1 is 1.32 bits per heavy atom.